The SMILES string of the molecule is BrC1CC=Cc2c1c1ccccc1n2-c1ccc2ccccc2c1. The highest BCUT2D eigenvalue weighted by Gasteiger charge is 2.23. The Bertz CT molecular complexity index is 1100. The lowest BCUT2D eigenvalue weighted by atomic mass is 10.0. The Hall–Kier alpha value is -2.32. The molecule has 5 rings (SSSR count). The quantitative estimate of drug-likeness (QED) is 0.329. The molecule has 0 fully saturated rings. The number of para-hydroxylation sites is 1. The molecule has 0 saturated carbocycles. The summed E-state index contributed by atoms with van der Waals surface area (Å²) in [6, 6.07) is 24.0. The smallest absolute Gasteiger partial charge is 0.0538 e. The van der Waals surface area contributed by atoms with Crippen LogP contribution in [0.3, 0.4) is 0 Å². The van der Waals surface area contributed by atoms with Crippen molar-refractivity contribution in [3.8, 4) is 5.69 Å². The molecule has 1 aromatic heterocycles. The van der Waals surface area contributed by atoms with Gasteiger partial charge in [0.25, 0.3) is 0 Å². The van der Waals surface area contributed by atoms with Gasteiger partial charge in [-0.05, 0) is 47.0 Å². The maximum absolute atomic E-state index is 3.87. The predicted octanol–water partition coefficient (Wildman–Crippen LogP) is 6.64. The Kier molecular flexibility index (Phi) is 3.14. The Morgan fingerprint density at radius 1 is 0.875 bits per heavy atom. The van der Waals surface area contributed by atoms with Crippen molar-refractivity contribution in [1.82, 2.24) is 4.57 Å². The first-order valence-corrected chi connectivity index (χ1v) is 9.17. The van der Waals surface area contributed by atoms with Crippen molar-refractivity contribution < 1.29 is 0 Å². The Labute approximate surface area is 149 Å². The third-order valence-corrected chi connectivity index (χ3v) is 5.71. The number of aromatic nitrogens is 1. The van der Waals surface area contributed by atoms with Gasteiger partial charge in [-0.25, -0.2) is 0 Å². The van der Waals surface area contributed by atoms with E-state index in [9.17, 15) is 0 Å². The summed E-state index contributed by atoms with van der Waals surface area (Å²) in [6.45, 7) is 0. The average molecular weight is 374 g/mol. The molecule has 1 aliphatic carbocycles. The molecule has 4 aromatic rings. The van der Waals surface area contributed by atoms with Gasteiger partial charge in [-0.3, -0.25) is 0 Å². The van der Waals surface area contributed by atoms with Gasteiger partial charge in [0.05, 0.1) is 11.2 Å². The molecule has 0 saturated heterocycles. The number of halogens is 1. The number of alkyl halides is 1. The van der Waals surface area contributed by atoms with Crippen LogP contribution in [-0.2, 0) is 0 Å². The number of benzene rings is 3. The van der Waals surface area contributed by atoms with E-state index in [0.29, 0.717) is 4.83 Å². The van der Waals surface area contributed by atoms with Crippen LogP contribution in [0.5, 0.6) is 0 Å². The highest BCUT2D eigenvalue weighted by Crippen LogP contribution is 2.42. The van der Waals surface area contributed by atoms with Crippen LogP contribution in [0, 0.1) is 0 Å². The van der Waals surface area contributed by atoms with E-state index in [2.05, 4.69) is 99.4 Å². The van der Waals surface area contributed by atoms with Gasteiger partial charge in [-0.15, -0.1) is 0 Å². The van der Waals surface area contributed by atoms with Gasteiger partial charge in [0, 0.05) is 15.9 Å². The highest BCUT2D eigenvalue weighted by molar-refractivity contribution is 9.09. The fourth-order valence-corrected chi connectivity index (χ4v) is 4.49. The second kappa shape index (κ2) is 5.35. The molecule has 1 unspecified atom stereocenters. The normalized spacial score (nSPS) is 16.6. The minimum absolute atomic E-state index is 0.379. The standard InChI is InChI=1S/C22H16BrN/c23-19-9-5-11-21-22(19)18-8-3-4-10-20(18)24(21)17-13-12-15-6-1-2-7-16(15)14-17/h1-8,10-14,19H,9H2. The van der Waals surface area contributed by atoms with Crippen molar-refractivity contribution in [3.05, 3.63) is 84.1 Å². The van der Waals surface area contributed by atoms with Crippen molar-refractivity contribution >= 4 is 43.7 Å². The van der Waals surface area contributed by atoms with Crippen LogP contribution in [0.4, 0.5) is 0 Å². The van der Waals surface area contributed by atoms with Gasteiger partial charge in [0.1, 0.15) is 0 Å². The first kappa shape index (κ1) is 14.1. The largest absolute Gasteiger partial charge is 0.310 e. The van der Waals surface area contributed by atoms with E-state index < -0.39 is 0 Å². The van der Waals surface area contributed by atoms with Crippen LogP contribution < -0.4 is 0 Å². The molecule has 1 nitrogen and oxygen atoms in total. The van der Waals surface area contributed by atoms with E-state index in [-0.39, 0.29) is 0 Å². The van der Waals surface area contributed by atoms with Gasteiger partial charge >= 0.3 is 0 Å². The van der Waals surface area contributed by atoms with E-state index in [1.807, 2.05) is 0 Å². The van der Waals surface area contributed by atoms with Crippen molar-refractivity contribution in [2.75, 3.05) is 0 Å². The molecule has 0 spiro atoms. The van der Waals surface area contributed by atoms with Gasteiger partial charge in [-0.1, -0.05) is 70.5 Å². The lowest BCUT2D eigenvalue weighted by Gasteiger charge is -2.16. The zero-order chi connectivity index (χ0) is 16.1. The maximum atomic E-state index is 3.87. The van der Waals surface area contributed by atoms with Crippen molar-refractivity contribution in [2.24, 2.45) is 0 Å². The van der Waals surface area contributed by atoms with Crippen molar-refractivity contribution in [3.63, 3.8) is 0 Å². The number of nitrogens with zero attached hydrogens (tertiary/aromatic N) is 1. The highest BCUT2D eigenvalue weighted by atomic mass is 79.9. The van der Waals surface area contributed by atoms with Crippen LogP contribution in [0.25, 0.3) is 33.4 Å². The fourth-order valence-electron chi connectivity index (χ4n) is 3.79. The number of hydrogen-bond acceptors (Lipinski definition) is 0. The van der Waals surface area contributed by atoms with E-state index >= 15 is 0 Å². The van der Waals surface area contributed by atoms with E-state index in [0.717, 1.165) is 6.42 Å². The summed E-state index contributed by atoms with van der Waals surface area (Å²) >= 11 is 3.87. The lowest BCUT2D eigenvalue weighted by Crippen LogP contribution is -2.01. The Morgan fingerprint density at radius 2 is 1.67 bits per heavy atom. The minimum atomic E-state index is 0.379. The topological polar surface area (TPSA) is 4.93 Å². The molecule has 24 heavy (non-hydrogen) atoms. The average Bonchev–Trinajstić information content (AvgIpc) is 2.97. The molecule has 0 N–H and O–H groups in total. The number of rotatable bonds is 1. The Balaban J connectivity index is 1.87. The van der Waals surface area contributed by atoms with Gasteiger partial charge < -0.3 is 4.57 Å². The van der Waals surface area contributed by atoms with Crippen LogP contribution in [0.2, 0.25) is 0 Å². The van der Waals surface area contributed by atoms with Gasteiger partial charge in [-0.2, -0.15) is 0 Å². The predicted molar refractivity (Wildman–Crippen MR) is 106 cm³/mol. The monoisotopic (exact) mass is 373 g/mol. The summed E-state index contributed by atoms with van der Waals surface area (Å²) in [4.78, 5) is 0.379. The second-order valence-corrected chi connectivity index (χ2v) is 7.39. The molecule has 3 aromatic carbocycles. The van der Waals surface area contributed by atoms with E-state index in [4.69, 9.17) is 0 Å². The molecule has 116 valence electrons. The van der Waals surface area contributed by atoms with Crippen LogP contribution >= 0.6 is 15.9 Å². The summed E-state index contributed by atoms with van der Waals surface area (Å²) in [7, 11) is 0. The number of allylic oxidation sites excluding steroid dienone is 1. The zero-order valence-corrected chi connectivity index (χ0v) is 14.7. The summed E-state index contributed by atoms with van der Waals surface area (Å²) in [5, 5.41) is 3.89. The molecule has 0 bridgehead atoms. The minimum Gasteiger partial charge on any atom is -0.310 e. The molecule has 0 amide bonds. The van der Waals surface area contributed by atoms with Crippen LogP contribution in [-0.4, -0.2) is 4.57 Å². The van der Waals surface area contributed by atoms with Crippen LogP contribution in [0.15, 0.2) is 72.8 Å². The molecule has 1 atom stereocenters. The number of fused-ring (bicyclic) bond motifs is 4. The summed E-state index contributed by atoms with van der Waals surface area (Å²) in [5.41, 5.74) is 5.19. The third kappa shape index (κ3) is 1.99. The third-order valence-electron chi connectivity index (χ3n) is 4.88. The van der Waals surface area contributed by atoms with Gasteiger partial charge in [0.15, 0.2) is 0 Å². The molecular weight excluding hydrogens is 358 g/mol. The lowest BCUT2D eigenvalue weighted by molar-refractivity contribution is 0.958. The molecule has 1 aliphatic rings. The molecule has 1 heterocycles. The van der Waals surface area contributed by atoms with E-state index in [1.165, 1.54) is 38.6 Å². The Morgan fingerprint density at radius 3 is 2.58 bits per heavy atom. The molecule has 2 heteroatoms. The van der Waals surface area contributed by atoms with Crippen molar-refractivity contribution in [2.45, 2.75) is 11.2 Å². The summed E-state index contributed by atoms with van der Waals surface area (Å²) in [5.74, 6) is 0. The fraction of sp³-hybridized carbons (Fsp3) is 0.0909. The molecule has 0 aliphatic heterocycles. The van der Waals surface area contributed by atoms with Crippen LogP contribution in [0.1, 0.15) is 22.5 Å². The van der Waals surface area contributed by atoms with Gasteiger partial charge in [0.2, 0.25) is 0 Å². The van der Waals surface area contributed by atoms with Crippen molar-refractivity contribution in [1.29, 1.82) is 0 Å². The molecular formula is C22H16BrN. The first-order chi connectivity index (χ1) is 11.8. The summed E-state index contributed by atoms with van der Waals surface area (Å²) < 4.78 is 2.39. The number of hydrogen-bond donors (Lipinski definition) is 0. The maximum Gasteiger partial charge on any atom is 0.0538 e. The summed E-state index contributed by atoms with van der Waals surface area (Å²) in [6.07, 6.45) is 5.57. The zero-order valence-electron chi connectivity index (χ0n) is 13.1. The molecule has 0 radical (unpaired) electrons. The van der Waals surface area contributed by atoms with E-state index in [1.54, 1.807) is 0 Å². The first-order valence-electron chi connectivity index (χ1n) is 8.26. The second-order valence-electron chi connectivity index (χ2n) is 6.29.